The molecule has 0 aliphatic heterocycles. The predicted octanol–water partition coefficient (Wildman–Crippen LogP) is 1.68. The van der Waals surface area contributed by atoms with E-state index >= 15 is 0 Å². The van der Waals surface area contributed by atoms with E-state index in [1.807, 2.05) is 6.92 Å². The van der Waals surface area contributed by atoms with Gasteiger partial charge in [0.25, 0.3) is 0 Å². The number of nitrogens with one attached hydrogen (secondary N) is 1. The second kappa shape index (κ2) is 7.62. The van der Waals surface area contributed by atoms with Gasteiger partial charge >= 0.3 is 0 Å². The lowest BCUT2D eigenvalue weighted by Gasteiger charge is -2.22. The molecule has 14 heavy (non-hydrogen) atoms. The summed E-state index contributed by atoms with van der Waals surface area (Å²) in [5.74, 6) is 0.280. The number of hydrogen-bond acceptors (Lipinski definition) is 3. The van der Waals surface area contributed by atoms with Crippen molar-refractivity contribution in [1.29, 1.82) is 0 Å². The van der Waals surface area contributed by atoms with Gasteiger partial charge in [-0.05, 0) is 19.3 Å². The minimum atomic E-state index is -0.00324. The Bertz CT molecular complexity index is 171. The first-order valence-corrected chi connectivity index (χ1v) is 5.42. The number of oxime groups is 1. The van der Waals surface area contributed by atoms with Gasteiger partial charge in [0.15, 0.2) is 5.84 Å². The fourth-order valence-electron chi connectivity index (χ4n) is 1.52. The Hall–Kier alpha value is -0.770. The normalized spacial score (nSPS) is 16.6. The van der Waals surface area contributed by atoms with Crippen molar-refractivity contribution in [2.24, 2.45) is 10.9 Å². The van der Waals surface area contributed by atoms with E-state index < -0.39 is 0 Å². The molecular formula is C10H23N3O. The molecule has 0 rings (SSSR count). The van der Waals surface area contributed by atoms with Crippen LogP contribution in [0.4, 0.5) is 0 Å². The van der Waals surface area contributed by atoms with Crippen LogP contribution >= 0.6 is 0 Å². The number of nitrogens with two attached hydrogens (primary N) is 1. The van der Waals surface area contributed by atoms with Crippen LogP contribution in [0.25, 0.3) is 0 Å². The number of amidine groups is 1. The molecule has 4 heteroatoms. The maximum absolute atomic E-state index is 8.57. The SMILES string of the molecule is CCCC(CC)NC(CC)C(N)=NO. The predicted molar refractivity (Wildman–Crippen MR) is 59.6 cm³/mol. The third-order valence-electron chi connectivity index (χ3n) is 2.45. The Kier molecular flexibility index (Phi) is 7.20. The molecule has 0 saturated heterocycles. The van der Waals surface area contributed by atoms with Gasteiger partial charge in [-0.15, -0.1) is 0 Å². The van der Waals surface area contributed by atoms with Crippen molar-refractivity contribution in [3.63, 3.8) is 0 Å². The van der Waals surface area contributed by atoms with Crippen LogP contribution in [0.3, 0.4) is 0 Å². The van der Waals surface area contributed by atoms with E-state index in [0.29, 0.717) is 6.04 Å². The average molecular weight is 201 g/mol. The van der Waals surface area contributed by atoms with Crippen molar-refractivity contribution in [2.45, 2.75) is 58.5 Å². The minimum absolute atomic E-state index is 0.00324. The molecule has 4 N–H and O–H groups in total. The van der Waals surface area contributed by atoms with Gasteiger partial charge in [0.05, 0.1) is 6.04 Å². The summed E-state index contributed by atoms with van der Waals surface area (Å²) >= 11 is 0. The van der Waals surface area contributed by atoms with Crippen molar-refractivity contribution in [3.05, 3.63) is 0 Å². The molecule has 0 aromatic rings. The van der Waals surface area contributed by atoms with E-state index in [1.54, 1.807) is 0 Å². The van der Waals surface area contributed by atoms with E-state index in [9.17, 15) is 0 Å². The van der Waals surface area contributed by atoms with Crippen LogP contribution < -0.4 is 11.1 Å². The zero-order valence-electron chi connectivity index (χ0n) is 9.45. The zero-order valence-corrected chi connectivity index (χ0v) is 9.45. The Labute approximate surface area is 86.6 Å². The summed E-state index contributed by atoms with van der Waals surface area (Å²) in [6.07, 6.45) is 4.20. The molecule has 0 amide bonds. The lowest BCUT2D eigenvalue weighted by molar-refractivity contribution is 0.312. The second-order valence-electron chi connectivity index (χ2n) is 3.55. The molecule has 84 valence electrons. The van der Waals surface area contributed by atoms with Gasteiger partial charge in [0.2, 0.25) is 0 Å². The molecule has 0 aliphatic rings. The number of nitrogens with zero attached hydrogens (tertiary/aromatic N) is 1. The Balaban J connectivity index is 4.13. The van der Waals surface area contributed by atoms with Crippen LogP contribution in [-0.2, 0) is 0 Å². The summed E-state index contributed by atoms with van der Waals surface area (Å²) in [5, 5.41) is 15.0. The fraction of sp³-hybridized carbons (Fsp3) is 0.900. The van der Waals surface area contributed by atoms with Crippen LogP contribution in [0, 0.1) is 0 Å². The van der Waals surface area contributed by atoms with Crippen LogP contribution in [0.1, 0.15) is 46.5 Å². The molecule has 0 radical (unpaired) electrons. The van der Waals surface area contributed by atoms with Crippen LogP contribution in [0.2, 0.25) is 0 Å². The maximum atomic E-state index is 8.57. The highest BCUT2D eigenvalue weighted by Crippen LogP contribution is 2.04. The molecule has 0 aromatic heterocycles. The highest BCUT2D eigenvalue weighted by atomic mass is 16.4. The molecule has 0 bridgehead atoms. The van der Waals surface area contributed by atoms with Crippen LogP contribution in [0.5, 0.6) is 0 Å². The highest BCUT2D eigenvalue weighted by Gasteiger charge is 2.15. The van der Waals surface area contributed by atoms with Crippen molar-refractivity contribution in [1.82, 2.24) is 5.32 Å². The third kappa shape index (κ3) is 4.46. The second-order valence-corrected chi connectivity index (χ2v) is 3.55. The zero-order chi connectivity index (χ0) is 11.0. The average Bonchev–Trinajstić information content (AvgIpc) is 2.23. The van der Waals surface area contributed by atoms with E-state index in [0.717, 1.165) is 25.7 Å². The lowest BCUT2D eigenvalue weighted by Crippen LogP contribution is -2.46. The standard InChI is InChI=1S/C10H23N3O/c1-4-7-8(5-2)12-9(6-3)10(11)13-14/h8-9,12,14H,4-7H2,1-3H3,(H2,11,13). The van der Waals surface area contributed by atoms with Gasteiger partial charge in [-0.25, -0.2) is 0 Å². The molecule has 2 unspecified atom stereocenters. The van der Waals surface area contributed by atoms with Gasteiger partial charge in [0.1, 0.15) is 0 Å². The molecule has 0 saturated carbocycles. The molecule has 4 nitrogen and oxygen atoms in total. The Morgan fingerprint density at radius 2 is 2.00 bits per heavy atom. The molecule has 0 heterocycles. The first-order valence-electron chi connectivity index (χ1n) is 5.42. The monoisotopic (exact) mass is 201 g/mol. The summed E-state index contributed by atoms with van der Waals surface area (Å²) in [7, 11) is 0. The van der Waals surface area contributed by atoms with E-state index in [-0.39, 0.29) is 11.9 Å². The van der Waals surface area contributed by atoms with Crippen molar-refractivity contribution in [2.75, 3.05) is 0 Å². The summed E-state index contributed by atoms with van der Waals surface area (Å²) in [6, 6.07) is 0.460. The largest absolute Gasteiger partial charge is 0.409 e. The van der Waals surface area contributed by atoms with Gasteiger partial charge in [-0.2, -0.15) is 0 Å². The summed E-state index contributed by atoms with van der Waals surface area (Å²) in [6.45, 7) is 6.33. The Morgan fingerprint density at radius 3 is 2.36 bits per heavy atom. The molecular weight excluding hydrogens is 178 g/mol. The molecule has 0 aromatic carbocycles. The molecule has 0 aliphatic carbocycles. The smallest absolute Gasteiger partial charge is 0.156 e. The minimum Gasteiger partial charge on any atom is -0.409 e. The number of rotatable bonds is 7. The highest BCUT2D eigenvalue weighted by molar-refractivity contribution is 5.85. The van der Waals surface area contributed by atoms with E-state index in [4.69, 9.17) is 10.9 Å². The van der Waals surface area contributed by atoms with Crippen LogP contribution in [-0.4, -0.2) is 23.1 Å². The fourth-order valence-corrected chi connectivity index (χ4v) is 1.52. The Morgan fingerprint density at radius 1 is 1.36 bits per heavy atom. The summed E-state index contributed by atoms with van der Waals surface area (Å²) < 4.78 is 0. The van der Waals surface area contributed by atoms with E-state index in [1.165, 1.54) is 0 Å². The maximum Gasteiger partial charge on any atom is 0.156 e. The third-order valence-corrected chi connectivity index (χ3v) is 2.45. The molecule has 2 atom stereocenters. The van der Waals surface area contributed by atoms with Crippen molar-refractivity contribution in [3.8, 4) is 0 Å². The molecule has 0 spiro atoms. The lowest BCUT2D eigenvalue weighted by atomic mass is 10.1. The first-order chi connectivity index (χ1) is 6.69. The van der Waals surface area contributed by atoms with Gasteiger partial charge in [-0.3, -0.25) is 0 Å². The topological polar surface area (TPSA) is 70.6 Å². The van der Waals surface area contributed by atoms with E-state index in [2.05, 4.69) is 24.3 Å². The number of hydrogen-bond donors (Lipinski definition) is 3. The summed E-state index contributed by atoms with van der Waals surface area (Å²) in [4.78, 5) is 0. The van der Waals surface area contributed by atoms with Crippen molar-refractivity contribution >= 4 is 5.84 Å². The van der Waals surface area contributed by atoms with Gasteiger partial charge in [0, 0.05) is 6.04 Å². The first kappa shape index (κ1) is 13.2. The van der Waals surface area contributed by atoms with Gasteiger partial charge in [-0.1, -0.05) is 32.3 Å². The summed E-state index contributed by atoms with van der Waals surface area (Å²) in [5.41, 5.74) is 5.56. The van der Waals surface area contributed by atoms with Crippen molar-refractivity contribution < 1.29 is 5.21 Å². The van der Waals surface area contributed by atoms with Gasteiger partial charge < -0.3 is 16.3 Å². The molecule has 0 fully saturated rings. The van der Waals surface area contributed by atoms with Crippen LogP contribution in [0.15, 0.2) is 5.16 Å². The quantitative estimate of drug-likeness (QED) is 0.254.